The lowest BCUT2D eigenvalue weighted by molar-refractivity contribution is -0.123. The maximum absolute atomic E-state index is 12.8. The predicted molar refractivity (Wildman–Crippen MR) is 95.1 cm³/mol. The van der Waals surface area contributed by atoms with Gasteiger partial charge >= 0.3 is 0 Å². The first-order valence-electron chi connectivity index (χ1n) is 8.12. The molecule has 4 nitrogen and oxygen atoms in total. The highest BCUT2D eigenvalue weighted by Gasteiger charge is 2.07. The minimum absolute atomic E-state index is 0.0713. The van der Waals surface area contributed by atoms with Crippen molar-refractivity contribution in [2.24, 2.45) is 0 Å². The zero-order chi connectivity index (χ0) is 17.6. The fourth-order valence-corrected chi connectivity index (χ4v) is 2.53. The molecule has 0 aliphatic heterocycles. The van der Waals surface area contributed by atoms with Crippen molar-refractivity contribution in [2.75, 3.05) is 13.2 Å². The number of hydrogen-bond acceptors (Lipinski definition) is 3. The molecule has 0 saturated carbocycles. The number of amides is 1. The molecule has 1 amide bonds. The van der Waals surface area contributed by atoms with Crippen LogP contribution in [0.25, 0.3) is 10.9 Å². The fourth-order valence-electron chi connectivity index (χ4n) is 2.53. The smallest absolute Gasteiger partial charge is 0.257 e. The highest BCUT2D eigenvalue weighted by Crippen LogP contribution is 2.23. The molecule has 1 N–H and O–H groups in total. The molecule has 1 heterocycles. The number of ether oxygens (including phenoxy) is 1. The van der Waals surface area contributed by atoms with Crippen molar-refractivity contribution < 1.29 is 13.9 Å². The van der Waals surface area contributed by atoms with Crippen molar-refractivity contribution in [3.05, 3.63) is 71.7 Å². The number of para-hydroxylation sites is 1. The van der Waals surface area contributed by atoms with E-state index in [1.54, 1.807) is 18.2 Å². The molecule has 0 spiro atoms. The van der Waals surface area contributed by atoms with Crippen molar-refractivity contribution in [3.8, 4) is 5.75 Å². The highest BCUT2D eigenvalue weighted by molar-refractivity contribution is 5.85. The maximum Gasteiger partial charge on any atom is 0.257 e. The molecule has 0 saturated heterocycles. The van der Waals surface area contributed by atoms with Crippen molar-refractivity contribution >= 4 is 16.8 Å². The van der Waals surface area contributed by atoms with Crippen LogP contribution in [0.5, 0.6) is 5.75 Å². The summed E-state index contributed by atoms with van der Waals surface area (Å²) in [4.78, 5) is 16.4. The van der Waals surface area contributed by atoms with Crippen LogP contribution in [-0.2, 0) is 11.2 Å². The Labute approximate surface area is 145 Å². The van der Waals surface area contributed by atoms with E-state index in [1.807, 2.05) is 31.2 Å². The summed E-state index contributed by atoms with van der Waals surface area (Å²) in [6.45, 7) is 2.32. The number of hydrogen-bond donors (Lipinski definition) is 1. The Morgan fingerprint density at radius 2 is 1.92 bits per heavy atom. The molecule has 128 valence electrons. The van der Waals surface area contributed by atoms with Gasteiger partial charge in [0.25, 0.3) is 5.91 Å². The minimum atomic E-state index is -0.264. The highest BCUT2D eigenvalue weighted by atomic mass is 19.1. The molecule has 3 rings (SSSR count). The Bertz CT molecular complexity index is 879. The van der Waals surface area contributed by atoms with Gasteiger partial charge in [0.2, 0.25) is 0 Å². The number of aryl methyl sites for hydroxylation is 1. The molecule has 5 heteroatoms. The maximum atomic E-state index is 12.8. The van der Waals surface area contributed by atoms with Crippen molar-refractivity contribution in [3.63, 3.8) is 0 Å². The standard InChI is InChI=1S/C20H19FN2O2/c1-14-5-8-16-3-2-4-18(20(16)23-14)25-13-19(24)22-12-11-15-6-9-17(21)10-7-15/h2-10H,11-13H2,1H3,(H,22,24). The molecule has 0 aliphatic carbocycles. The zero-order valence-electron chi connectivity index (χ0n) is 14.0. The van der Waals surface area contributed by atoms with Crippen molar-refractivity contribution in [1.82, 2.24) is 10.3 Å². The van der Waals surface area contributed by atoms with E-state index in [0.717, 1.165) is 22.2 Å². The number of fused-ring (bicyclic) bond motifs is 1. The van der Waals surface area contributed by atoms with E-state index in [9.17, 15) is 9.18 Å². The van der Waals surface area contributed by atoms with E-state index >= 15 is 0 Å². The minimum Gasteiger partial charge on any atom is -0.481 e. The third-order valence-electron chi connectivity index (χ3n) is 3.83. The zero-order valence-corrected chi connectivity index (χ0v) is 14.0. The number of nitrogens with zero attached hydrogens (tertiary/aromatic N) is 1. The van der Waals surface area contributed by atoms with Gasteiger partial charge in [0.15, 0.2) is 6.61 Å². The van der Waals surface area contributed by atoms with E-state index in [4.69, 9.17) is 4.74 Å². The predicted octanol–water partition coefficient (Wildman–Crippen LogP) is 3.42. The van der Waals surface area contributed by atoms with Gasteiger partial charge in [-0.1, -0.05) is 30.3 Å². The van der Waals surface area contributed by atoms with Gasteiger partial charge in [-0.3, -0.25) is 4.79 Å². The van der Waals surface area contributed by atoms with E-state index in [0.29, 0.717) is 18.7 Å². The Kier molecular flexibility index (Phi) is 5.23. The SMILES string of the molecule is Cc1ccc2cccc(OCC(=O)NCCc3ccc(F)cc3)c2n1. The summed E-state index contributed by atoms with van der Waals surface area (Å²) in [6, 6.07) is 15.8. The second-order valence-electron chi connectivity index (χ2n) is 5.80. The summed E-state index contributed by atoms with van der Waals surface area (Å²) in [5, 5.41) is 3.77. The summed E-state index contributed by atoms with van der Waals surface area (Å²) in [5.74, 6) is 0.127. The number of benzene rings is 2. The third-order valence-corrected chi connectivity index (χ3v) is 3.83. The number of aromatic nitrogens is 1. The fraction of sp³-hybridized carbons (Fsp3) is 0.200. The Hall–Kier alpha value is -2.95. The molecular formula is C20H19FN2O2. The lowest BCUT2D eigenvalue weighted by Gasteiger charge is -2.10. The molecule has 25 heavy (non-hydrogen) atoms. The quantitative estimate of drug-likeness (QED) is 0.749. The number of halogens is 1. The number of carbonyl (C=O) groups is 1. The normalized spacial score (nSPS) is 10.6. The molecule has 0 atom stereocenters. The summed E-state index contributed by atoms with van der Waals surface area (Å²) >= 11 is 0. The first-order chi connectivity index (χ1) is 12.1. The van der Waals surface area contributed by atoms with Crippen molar-refractivity contribution in [2.45, 2.75) is 13.3 Å². The molecular weight excluding hydrogens is 319 g/mol. The average molecular weight is 338 g/mol. The number of carbonyl (C=O) groups excluding carboxylic acids is 1. The van der Waals surface area contributed by atoms with Crippen LogP contribution in [0.1, 0.15) is 11.3 Å². The molecule has 0 aliphatic rings. The van der Waals surface area contributed by atoms with Crippen molar-refractivity contribution in [1.29, 1.82) is 0 Å². The number of pyridine rings is 1. The second kappa shape index (κ2) is 7.75. The summed E-state index contributed by atoms with van der Waals surface area (Å²) in [5.41, 5.74) is 2.62. The van der Waals surface area contributed by atoms with Crippen LogP contribution in [0, 0.1) is 12.7 Å². The Morgan fingerprint density at radius 3 is 2.72 bits per heavy atom. The van der Waals surface area contributed by atoms with Gasteiger partial charge in [0.1, 0.15) is 17.1 Å². The van der Waals surface area contributed by atoms with Crippen LogP contribution in [-0.4, -0.2) is 24.0 Å². The molecule has 0 unspecified atom stereocenters. The van der Waals surface area contributed by atoms with Gasteiger partial charge in [-0.15, -0.1) is 0 Å². The van der Waals surface area contributed by atoms with Crippen LogP contribution >= 0.6 is 0 Å². The second-order valence-corrected chi connectivity index (χ2v) is 5.80. The molecule has 0 fully saturated rings. The molecule has 0 bridgehead atoms. The Morgan fingerprint density at radius 1 is 1.12 bits per heavy atom. The van der Waals surface area contributed by atoms with Gasteiger partial charge in [-0.2, -0.15) is 0 Å². The van der Waals surface area contributed by atoms with Gasteiger partial charge in [0.05, 0.1) is 0 Å². The number of nitrogens with one attached hydrogen (secondary N) is 1. The molecule has 1 aromatic heterocycles. The van der Waals surface area contributed by atoms with Gasteiger partial charge in [-0.25, -0.2) is 9.37 Å². The van der Waals surface area contributed by atoms with E-state index in [1.165, 1.54) is 12.1 Å². The number of rotatable bonds is 6. The van der Waals surface area contributed by atoms with Crippen LogP contribution < -0.4 is 10.1 Å². The lowest BCUT2D eigenvalue weighted by Crippen LogP contribution is -2.30. The van der Waals surface area contributed by atoms with Gasteiger partial charge in [-0.05, 0) is 43.2 Å². The monoisotopic (exact) mass is 338 g/mol. The van der Waals surface area contributed by atoms with Gasteiger partial charge < -0.3 is 10.1 Å². The third kappa shape index (κ3) is 4.53. The lowest BCUT2D eigenvalue weighted by atomic mass is 10.1. The topological polar surface area (TPSA) is 51.2 Å². The average Bonchev–Trinajstić information content (AvgIpc) is 2.61. The molecule has 3 aromatic rings. The van der Waals surface area contributed by atoms with Crippen LogP contribution in [0.2, 0.25) is 0 Å². The van der Waals surface area contributed by atoms with E-state index < -0.39 is 0 Å². The first kappa shape index (κ1) is 16.9. The summed E-state index contributed by atoms with van der Waals surface area (Å²) in [7, 11) is 0. The largest absolute Gasteiger partial charge is 0.481 e. The Balaban J connectivity index is 1.52. The summed E-state index contributed by atoms with van der Waals surface area (Å²) < 4.78 is 18.5. The van der Waals surface area contributed by atoms with Gasteiger partial charge in [0, 0.05) is 17.6 Å². The van der Waals surface area contributed by atoms with Crippen LogP contribution in [0.15, 0.2) is 54.6 Å². The summed E-state index contributed by atoms with van der Waals surface area (Å²) in [6.07, 6.45) is 0.640. The van der Waals surface area contributed by atoms with E-state index in [2.05, 4.69) is 10.3 Å². The first-order valence-corrected chi connectivity index (χ1v) is 8.12. The van der Waals surface area contributed by atoms with E-state index in [-0.39, 0.29) is 18.3 Å². The molecule has 2 aromatic carbocycles. The van der Waals surface area contributed by atoms with Crippen LogP contribution in [0.4, 0.5) is 4.39 Å². The molecule has 0 radical (unpaired) electrons. The van der Waals surface area contributed by atoms with Crippen LogP contribution in [0.3, 0.4) is 0 Å².